The third kappa shape index (κ3) is 7.49. The van der Waals surface area contributed by atoms with Crippen LogP contribution in [0.4, 0.5) is 0 Å². The van der Waals surface area contributed by atoms with Crippen LogP contribution in [-0.2, 0) is 0 Å². The second-order valence-electron chi connectivity index (χ2n) is 6.38. The smallest absolute Gasteiger partial charge is 0.335 e. The van der Waals surface area contributed by atoms with E-state index < -0.39 is 5.97 Å². The van der Waals surface area contributed by atoms with Crippen molar-refractivity contribution in [2.45, 2.75) is 51.9 Å². The summed E-state index contributed by atoms with van der Waals surface area (Å²) in [6.07, 6.45) is 8.97. The Kier molecular flexibility index (Phi) is 10.5. The number of unbranched alkanes of at least 4 members (excludes halogenated alkanes) is 6. The molecular weight excluding hydrogens is 348 g/mol. The van der Waals surface area contributed by atoms with Gasteiger partial charge < -0.3 is 9.84 Å². The van der Waals surface area contributed by atoms with Crippen LogP contribution < -0.4 is 4.74 Å². The molecule has 0 atom stereocenters. The minimum Gasteiger partial charge on any atom is -0.494 e. The molecule has 0 aliphatic heterocycles. The van der Waals surface area contributed by atoms with Crippen LogP contribution >= 0.6 is 12.4 Å². The van der Waals surface area contributed by atoms with Gasteiger partial charge in [0.1, 0.15) is 5.75 Å². The Balaban J connectivity index is 0.00000338. The van der Waals surface area contributed by atoms with Crippen molar-refractivity contribution in [1.82, 2.24) is 0 Å². The lowest BCUT2D eigenvalue weighted by Crippen LogP contribution is -1.97. The minimum atomic E-state index is -0.902. The van der Waals surface area contributed by atoms with Crippen LogP contribution in [0.5, 0.6) is 5.75 Å². The van der Waals surface area contributed by atoms with E-state index in [1.54, 1.807) is 12.1 Å². The zero-order chi connectivity index (χ0) is 17.9. The Labute approximate surface area is 162 Å². The Bertz CT molecular complexity index is 635. The monoisotopic (exact) mass is 376 g/mol. The van der Waals surface area contributed by atoms with Crippen molar-refractivity contribution in [2.24, 2.45) is 0 Å². The molecule has 2 aromatic rings. The molecule has 0 aliphatic carbocycles. The van der Waals surface area contributed by atoms with Gasteiger partial charge in [0.2, 0.25) is 0 Å². The predicted octanol–water partition coefficient (Wildman–Crippen LogP) is 6.60. The van der Waals surface area contributed by atoms with Crippen molar-refractivity contribution in [2.75, 3.05) is 6.61 Å². The first-order valence-electron chi connectivity index (χ1n) is 9.27. The number of ether oxygens (including phenoxy) is 1. The van der Waals surface area contributed by atoms with E-state index in [1.807, 2.05) is 36.4 Å². The Morgan fingerprint density at radius 2 is 1.31 bits per heavy atom. The van der Waals surface area contributed by atoms with E-state index in [0.29, 0.717) is 5.56 Å². The minimum absolute atomic E-state index is 0. The molecule has 0 fully saturated rings. The van der Waals surface area contributed by atoms with E-state index in [0.717, 1.165) is 29.9 Å². The molecule has 0 aliphatic rings. The molecule has 0 radical (unpaired) electrons. The van der Waals surface area contributed by atoms with Gasteiger partial charge in [0.15, 0.2) is 0 Å². The lowest BCUT2D eigenvalue weighted by molar-refractivity contribution is 0.0697. The first kappa shape index (κ1) is 22.0. The molecule has 0 unspecified atom stereocenters. The van der Waals surface area contributed by atoms with Crippen molar-refractivity contribution < 1.29 is 14.6 Å². The van der Waals surface area contributed by atoms with E-state index in [4.69, 9.17) is 9.84 Å². The quantitative estimate of drug-likeness (QED) is 0.449. The Morgan fingerprint density at radius 1 is 0.808 bits per heavy atom. The maximum absolute atomic E-state index is 10.9. The van der Waals surface area contributed by atoms with Gasteiger partial charge in [0.25, 0.3) is 0 Å². The van der Waals surface area contributed by atoms with Gasteiger partial charge in [-0.3, -0.25) is 0 Å². The number of carboxylic acids is 1. The number of halogens is 1. The van der Waals surface area contributed by atoms with Crippen LogP contribution in [0.15, 0.2) is 48.5 Å². The summed E-state index contributed by atoms with van der Waals surface area (Å²) in [7, 11) is 0. The van der Waals surface area contributed by atoms with Crippen molar-refractivity contribution >= 4 is 18.4 Å². The first-order valence-corrected chi connectivity index (χ1v) is 9.27. The summed E-state index contributed by atoms with van der Waals surface area (Å²) in [5.74, 6) is -0.0162. The second kappa shape index (κ2) is 12.4. The number of benzene rings is 2. The lowest BCUT2D eigenvalue weighted by atomic mass is 10.0. The Morgan fingerprint density at radius 3 is 1.85 bits per heavy atom. The van der Waals surface area contributed by atoms with Gasteiger partial charge in [-0.15, -0.1) is 12.4 Å². The van der Waals surface area contributed by atoms with Gasteiger partial charge in [-0.05, 0) is 41.8 Å². The Hall–Kier alpha value is -2.00. The van der Waals surface area contributed by atoms with E-state index >= 15 is 0 Å². The topological polar surface area (TPSA) is 46.5 Å². The largest absolute Gasteiger partial charge is 0.494 e. The number of hydrogen-bond donors (Lipinski definition) is 1. The fraction of sp³-hybridized carbons (Fsp3) is 0.409. The molecule has 1 N–H and O–H groups in total. The van der Waals surface area contributed by atoms with Gasteiger partial charge in [-0.1, -0.05) is 69.7 Å². The molecule has 3 nitrogen and oxygen atoms in total. The highest BCUT2D eigenvalue weighted by Gasteiger charge is 2.03. The third-order valence-corrected chi connectivity index (χ3v) is 4.34. The van der Waals surface area contributed by atoms with Crippen LogP contribution in [0.3, 0.4) is 0 Å². The summed E-state index contributed by atoms with van der Waals surface area (Å²) in [5.41, 5.74) is 2.36. The normalized spacial score (nSPS) is 10.2. The molecular formula is C22H29ClO3. The van der Waals surface area contributed by atoms with Gasteiger partial charge in [-0.2, -0.15) is 0 Å². The molecule has 0 bridgehead atoms. The average Bonchev–Trinajstić information content (AvgIpc) is 2.64. The van der Waals surface area contributed by atoms with E-state index in [2.05, 4.69) is 6.92 Å². The fourth-order valence-corrected chi connectivity index (χ4v) is 2.80. The van der Waals surface area contributed by atoms with Gasteiger partial charge in [0, 0.05) is 0 Å². The van der Waals surface area contributed by atoms with Crippen LogP contribution in [0, 0.1) is 0 Å². The molecule has 0 amide bonds. The molecule has 2 rings (SSSR count). The van der Waals surface area contributed by atoms with Crippen molar-refractivity contribution in [3.05, 3.63) is 54.1 Å². The molecule has 26 heavy (non-hydrogen) atoms. The summed E-state index contributed by atoms with van der Waals surface area (Å²) in [6, 6.07) is 14.9. The molecule has 0 saturated heterocycles. The van der Waals surface area contributed by atoms with Crippen LogP contribution in [-0.4, -0.2) is 17.7 Å². The van der Waals surface area contributed by atoms with Gasteiger partial charge in [0.05, 0.1) is 12.2 Å². The van der Waals surface area contributed by atoms with E-state index in [9.17, 15) is 4.79 Å². The summed E-state index contributed by atoms with van der Waals surface area (Å²) >= 11 is 0. The van der Waals surface area contributed by atoms with Crippen molar-refractivity contribution in [3.8, 4) is 16.9 Å². The number of rotatable bonds is 11. The molecule has 0 aromatic heterocycles. The highest BCUT2D eigenvalue weighted by atomic mass is 35.5. The molecule has 142 valence electrons. The maximum Gasteiger partial charge on any atom is 0.335 e. The number of aromatic carboxylic acids is 1. The van der Waals surface area contributed by atoms with Gasteiger partial charge in [-0.25, -0.2) is 4.79 Å². The number of carboxylic acid groups (broad SMARTS) is 1. The molecule has 0 saturated carbocycles. The van der Waals surface area contributed by atoms with Gasteiger partial charge >= 0.3 is 5.97 Å². The maximum atomic E-state index is 10.9. The SMILES string of the molecule is CCCCCCCCCOc1ccc(-c2ccc(C(=O)O)cc2)cc1.Cl. The molecule has 2 aromatic carbocycles. The predicted molar refractivity (Wildman–Crippen MR) is 110 cm³/mol. The zero-order valence-corrected chi connectivity index (χ0v) is 16.3. The highest BCUT2D eigenvalue weighted by Crippen LogP contribution is 2.23. The summed E-state index contributed by atoms with van der Waals surface area (Å²) in [4.78, 5) is 10.9. The standard InChI is InChI=1S/C22H28O3.ClH/c1-2-3-4-5-6-7-8-17-25-21-15-13-19(14-16-21)18-9-11-20(12-10-18)22(23)24;/h9-16H,2-8,17H2,1H3,(H,23,24);1H. The molecule has 0 heterocycles. The molecule has 0 spiro atoms. The zero-order valence-electron chi connectivity index (χ0n) is 15.4. The number of carbonyl (C=O) groups is 1. The number of hydrogen-bond acceptors (Lipinski definition) is 2. The second-order valence-corrected chi connectivity index (χ2v) is 6.38. The summed E-state index contributed by atoms with van der Waals surface area (Å²) in [6.45, 7) is 3.00. The fourth-order valence-electron chi connectivity index (χ4n) is 2.80. The van der Waals surface area contributed by atoms with Crippen LogP contribution in [0.25, 0.3) is 11.1 Å². The summed E-state index contributed by atoms with van der Waals surface area (Å²) < 4.78 is 5.80. The lowest BCUT2D eigenvalue weighted by Gasteiger charge is -2.08. The van der Waals surface area contributed by atoms with Crippen molar-refractivity contribution in [3.63, 3.8) is 0 Å². The average molecular weight is 377 g/mol. The third-order valence-electron chi connectivity index (χ3n) is 4.34. The van der Waals surface area contributed by atoms with E-state index in [-0.39, 0.29) is 12.4 Å². The van der Waals surface area contributed by atoms with Crippen LogP contribution in [0.2, 0.25) is 0 Å². The van der Waals surface area contributed by atoms with Crippen LogP contribution in [0.1, 0.15) is 62.2 Å². The van der Waals surface area contributed by atoms with Crippen molar-refractivity contribution in [1.29, 1.82) is 0 Å². The van der Waals surface area contributed by atoms with E-state index in [1.165, 1.54) is 38.5 Å². The summed E-state index contributed by atoms with van der Waals surface area (Å²) in [5, 5.41) is 8.94. The highest BCUT2D eigenvalue weighted by molar-refractivity contribution is 5.88. The first-order chi connectivity index (χ1) is 12.2. The molecule has 4 heteroatoms.